The topological polar surface area (TPSA) is 21.2 Å². The molecule has 3 nitrogen and oxygen atoms in total. The Bertz CT molecular complexity index is 1750. The summed E-state index contributed by atoms with van der Waals surface area (Å²) in [4.78, 5) is 4.94. The van der Waals surface area contributed by atoms with E-state index in [0.29, 0.717) is 5.92 Å². The predicted molar refractivity (Wildman–Crippen MR) is 144 cm³/mol. The molecule has 0 radical (unpaired) electrons. The van der Waals surface area contributed by atoms with Crippen LogP contribution in [0.1, 0.15) is 36.5 Å². The maximum atomic E-state index is 4.94. The summed E-state index contributed by atoms with van der Waals surface area (Å²) in [5.74, 6) is 7.92. The van der Waals surface area contributed by atoms with E-state index in [1.54, 1.807) is 0 Å². The maximum absolute atomic E-state index is 4.94. The van der Waals surface area contributed by atoms with Crippen molar-refractivity contribution in [1.29, 1.82) is 0 Å². The first-order valence-electron chi connectivity index (χ1n) is 12.0. The summed E-state index contributed by atoms with van der Waals surface area (Å²) >= 11 is -2.09. The Morgan fingerprint density at radius 1 is 0.909 bits per heavy atom. The van der Waals surface area contributed by atoms with E-state index in [0.717, 1.165) is 5.52 Å². The summed E-state index contributed by atoms with van der Waals surface area (Å²) < 4.78 is 6.30. The first-order valence-corrected chi connectivity index (χ1v) is 19.3. The van der Waals surface area contributed by atoms with Crippen LogP contribution in [-0.4, -0.2) is 22.7 Å². The van der Waals surface area contributed by atoms with E-state index in [1.165, 1.54) is 64.7 Å². The van der Waals surface area contributed by atoms with Gasteiger partial charge in [0.2, 0.25) is 0 Å². The van der Waals surface area contributed by atoms with Gasteiger partial charge >= 0.3 is 198 Å². The molecule has 0 fully saturated rings. The Labute approximate surface area is 197 Å². The van der Waals surface area contributed by atoms with Crippen LogP contribution in [0.15, 0.2) is 42.7 Å². The third-order valence-corrected chi connectivity index (χ3v) is 11.9. The number of hydrogen-bond donors (Lipinski definition) is 0. The van der Waals surface area contributed by atoms with Crippen molar-refractivity contribution < 1.29 is 4.57 Å². The fourth-order valence-electron chi connectivity index (χ4n) is 5.57. The van der Waals surface area contributed by atoms with Crippen LogP contribution in [0, 0.1) is 13.8 Å². The van der Waals surface area contributed by atoms with Gasteiger partial charge in [0.15, 0.2) is 0 Å². The molecule has 0 aliphatic rings. The van der Waals surface area contributed by atoms with Gasteiger partial charge in [0.1, 0.15) is 0 Å². The van der Waals surface area contributed by atoms with Gasteiger partial charge in [0.25, 0.3) is 0 Å². The average molecular weight is 495 g/mol. The standard InChI is InChI=1S/C29H32GeN3/c1-16(2)19-9-10-21-22-11-17(3)18(4)26-28(22)33(24(21)12-19)25-14-20(30(5,6)7)13-23-27(25)29(26)32(8)15-31-23/h9-16H,1-8H3/q+1. The zero-order chi connectivity index (χ0) is 23.4. The second kappa shape index (κ2) is 6.69. The second-order valence-corrected chi connectivity index (χ2v) is 21.9. The van der Waals surface area contributed by atoms with Gasteiger partial charge in [-0.15, -0.1) is 0 Å². The first-order chi connectivity index (χ1) is 15.6. The fourth-order valence-corrected chi connectivity index (χ4v) is 7.96. The number of aromatic nitrogens is 3. The van der Waals surface area contributed by atoms with Crippen molar-refractivity contribution in [2.75, 3.05) is 0 Å². The predicted octanol–water partition coefficient (Wildman–Crippen LogP) is 6.49. The number of fused-ring (bicyclic) bond motifs is 5. The molecule has 166 valence electrons. The molecule has 0 bridgehead atoms. The van der Waals surface area contributed by atoms with Gasteiger partial charge < -0.3 is 0 Å². The molecule has 0 aliphatic heterocycles. The molecule has 0 saturated heterocycles. The van der Waals surface area contributed by atoms with Gasteiger partial charge in [0, 0.05) is 0 Å². The number of hydrogen-bond acceptors (Lipinski definition) is 1. The molecule has 0 unspecified atom stereocenters. The summed E-state index contributed by atoms with van der Waals surface area (Å²) in [5, 5.41) is 5.35. The van der Waals surface area contributed by atoms with Crippen molar-refractivity contribution in [3.8, 4) is 0 Å². The summed E-state index contributed by atoms with van der Waals surface area (Å²) in [5.41, 5.74) is 10.5. The monoisotopic (exact) mass is 496 g/mol. The third-order valence-electron chi connectivity index (χ3n) is 7.66. The van der Waals surface area contributed by atoms with Crippen LogP contribution in [0.5, 0.6) is 0 Å². The molecule has 33 heavy (non-hydrogen) atoms. The number of aryl methyl sites for hydroxylation is 3. The van der Waals surface area contributed by atoms with E-state index in [1.807, 2.05) is 6.33 Å². The van der Waals surface area contributed by atoms with Crippen molar-refractivity contribution in [2.45, 2.75) is 50.9 Å². The van der Waals surface area contributed by atoms with Gasteiger partial charge in [-0.3, -0.25) is 0 Å². The van der Waals surface area contributed by atoms with Gasteiger partial charge in [-0.25, -0.2) is 0 Å². The second-order valence-electron chi connectivity index (χ2n) is 11.2. The van der Waals surface area contributed by atoms with Crippen LogP contribution in [-0.2, 0) is 7.05 Å². The molecule has 0 aliphatic carbocycles. The van der Waals surface area contributed by atoms with Crippen LogP contribution in [0.2, 0.25) is 17.3 Å². The Balaban J connectivity index is 2.04. The van der Waals surface area contributed by atoms with E-state index >= 15 is 0 Å². The summed E-state index contributed by atoms with van der Waals surface area (Å²) in [6.07, 6.45) is 2.00. The van der Waals surface area contributed by atoms with Crippen molar-refractivity contribution >= 4 is 66.8 Å². The average Bonchev–Trinajstić information content (AvgIpc) is 3.08. The number of rotatable bonds is 2. The summed E-state index contributed by atoms with van der Waals surface area (Å²) in [6.45, 7) is 9.10. The molecular formula is C29H32GeN3+. The van der Waals surface area contributed by atoms with Crippen molar-refractivity contribution in [2.24, 2.45) is 7.05 Å². The normalized spacial score (nSPS) is 13.1. The Morgan fingerprint density at radius 3 is 2.36 bits per heavy atom. The minimum absolute atomic E-state index is 0.495. The van der Waals surface area contributed by atoms with Crippen LogP contribution in [0.3, 0.4) is 0 Å². The summed E-state index contributed by atoms with van der Waals surface area (Å²) in [7, 11) is 2.14. The van der Waals surface area contributed by atoms with Crippen LogP contribution in [0.25, 0.3) is 49.1 Å². The molecule has 3 aromatic heterocycles. The van der Waals surface area contributed by atoms with Crippen molar-refractivity contribution in [3.63, 3.8) is 0 Å². The summed E-state index contributed by atoms with van der Waals surface area (Å²) in [6, 6.07) is 14.4. The van der Waals surface area contributed by atoms with E-state index in [4.69, 9.17) is 4.98 Å². The zero-order valence-electron chi connectivity index (χ0n) is 21.0. The van der Waals surface area contributed by atoms with Crippen LogP contribution >= 0.6 is 0 Å². The SMILES string of the molecule is Cc1cc2c3ccc(C(C)C)cc3n3c4c[c]([Ge]([CH3])([CH3])[CH3])cc5nc[n+](C)c(c(c1C)c23)c54. The van der Waals surface area contributed by atoms with E-state index in [2.05, 4.69) is 97.4 Å². The van der Waals surface area contributed by atoms with E-state index < -0.39 is 13.3 Å². The van der Waals surface area contributed by atoms with E-state index in [9.17, 15) is 0 Å². The molecule has 0 atom stereocenters. The Kier molecular flexibility index (Phi) is 4.24. The number of nitrogens with zero attached hydrogens (tertiary/aromatic N) is 3. The molecule has 3 aromatic carbocycles. The zero-order valence-corrected chi connectivity index (χ0v) is 23.1. The first kappa shape index (κ1) is 20.9. The van der Waals surface area contributed by atoms with Crippen molar-refractivity contribution in [1.82, 2.24) is 9.38 Å². The molecule has 0 N–H and O–H groups in total. The molecule has 0 amide bonds. The number of pyridine rings is 1. The minimum atomic E-state index is -2.09. The van der Waals surface area contributed by atoms with Gasteiger partial charge in [0.05, 0.1) is 0 Å². The van der Waals surface area contributed by atoms with Crippen molar-refractivity contribution in [3.05, 3.63) is 59.4 Å². The Morgan fingerprint density at radius 2 is 1.67 bits per heavy atom. The molecule has 0 saturated carbocycles. The fraction of sp³-hybridized carbons (Fsp3) is 0.310. The van der Waals surface area contributed by atoms with E-state index in [-0.39, 0.29) is 0 Å². The quantitative estimate of drug-likeness (QED) is 0.116. The molecule has 4 heteroatoms. The molecule has 3 heterocycles. The molecule has 6 rings (SSSR count). The Hall–Kier alpha value is -2.66. The molecule has 6 aromatic rings. The molecule has 0 spiro atoms. The van der Waals surface area contributed by atoms with Crippen LogP contribution < -0.4 is 8.96 Å². The van der Waals surface area contributed by atoms with Gasteiger partial charge in [-0.1, -0.05) is 0 Å². The van der Waals surface area contributed by atoms with Gasteiger partial charge in [-0.05, 0) is 0 Å². The molecular weight excluding hydrogens is 463 g/mol. The number of benzene rings is 3. The van der Waals surface area contributed by atoms with Crippen LogP contribution in [0.4, 0.5) is 0 Å². The van der Waals surface area contributed by atoms with Gasteiger partial charge in [-0.2, -0.15) is 0 Å². The third kappa shape index (κ3) is 2.75.